The van der Waals surface area contributed by atoms with Gasteiger partial charge in [0.1, 0.15) is 0 Å². The monoisotopic (exact) mass is 381 g/mol. The van der Waals surface area contributed by atoms with Crippen LogP contribution in [0.4, 0.5) is 13.2 Å². The van der Waals surface area contributed by atoms with E-state index in [1.165, 1.54) is 6.07 Å². The van der Waals surface area contributed by atoms with Crippen molar-refractivity contribution in [1.82, 2.24) is 5.32 Å². The fourth-order valence-electron chi connectivity index (χ4n) is 2.21. The van der Waals surface area contributed by atoms with Gasteiger partial charge in [-0.05, 0) is 59.6 Å². The number of benzene rings is 1. The fourth-order valence-corrected chi connectivity index (χ4v) is 3.89. The number of hydrogen-bond donors (Lipinski definition) is 1. The second-order valence-electron chi connectivity index (χ2n) is 5.28. The van der Waals surface area contributed by atoms with Crippen molar-refractivity contribution in [1.29, 1.82) is 0 Å². The molecule has 1 amide bonds. The normalized spacial score (nSPS) is 22.3. The summed E-state index contributed by atoms with van der Waals surface area (Å²) >= 11 is 4.92. The number of carbonyl (C=O) groups is 1. The van der Waals surface area contributed by atoms with Crippen molar-refractivity contribution in [3.05, 3.63) is 33.8 Å². The molecule has 1 atom stereocenters. The van der Waals surface area contributed by atoms with Crippen LogP contribution in [-0.4, -0.2) is 23.0 Å². The molecule has 0 aliphatic carbocycles. The number of rotatable bonds is 3. The highest BCUT2D eigenvalue weighted by atomic mass is 79.9. The van der Waals surface area contributed by atoms with Gasteiger partial charge in [0.2, 0.25) is 0 Å². The molecular weight excluding hydrogens is 367 g/mol. The maximum absolute atomic E-state index is 12.7. The van der Waals surface area contributed by atoms with Crippen LogP contribution in [0, 0.1) is 0 Å². The van der Waals surface area contributed by atoms with Crippen LogP contribution in [0.2, 0.25) is 0 Å². The lowest BCUT2D eigenvalue weighted by atomic mass is 10.1. The minimum Gasteiger partial charge on any atom is -0.351 e. The van der Waals surface area contributed by atoms with Crippen LogP contribution in [0.5, 0.6) is 0 Å². The summed E-state index contributed by atoms with van der Waals surface area (Å²) in [4.78, 5) is 12.1. The molecular formula is C14H15BrF3NOS. The van der Waals surface area contributed by atoms with Gasteiger partial charge < -0.3 is 5.32 Å². The van der Waals surface area contributed by atoms with Crippen LogP contribution >= 0.6 is 27.7 Å². The molecule has 1 fully saturated rings. The Kier molecular flexibility index (Phi) is 4.92. The summed E-state index contributed by atoms with van der Waals surface area (Å²) < 4.78 is 38.5. The Hall–Kier alpha value is -0.690. The molecule has 2 rings (SSSR count). The first-order valence-electron chi connectivity index (χ1n) is 6.50. The van der Waals surface area contributed by atoms with Gasteiger partial charge in [-0.3, -0.25) is 4.79 Å². The summed E-state index contributed by atoms with van der Waals surface area (Å²) in [6.07, 6.45) is -2.35. The van der Waals surface area contributed by atoms with E-state index in [4.69, 9.17) is 0 Å². The molecule has 1 unspecified atom stereocenters. The van der Waals surface area contributed by atoms with Crippen LogP contribution in [0.1, 0.15) is 35.7 Å². The number of hydrogen-bond acceptors (Lipinski definition) is 2. The summed E-state index contributed by atoms with van der Waals surface area (Å²) in [5, 5.41) is 2.74. The molecule has 0 radical (unpaired) electrons. The van der Waals surface area contributed by atoms with Crippen molar-refractivity contribution >= 4 is 33.6 Å². The van der Waals surface area contributed by atoms with Gasteiger partial charge in [0.25, 0.3) is 5.91 Å². The summed E-state index contributed by atoms with van der Waals surface area (Å²) in [7, 11) is 0. The molecule has 0 spiro atoms. The van der Waals surface area contributed by atoms with E-state index in [0.29, 0.717) is 11.0 Å². The van der Waals surface area contributed by atoms with Gasteiger partial charge in [0.15, 0.2) is 0 Å². The molecule has 1 N–H and O–H groups in total. The van der Waals surface area contributed by atoms with Gasteiger partial charge in [0, 0.05) is 15.8 Å². The smallest absolute Gasteiger partial charge is 0.351 e. The maximum atomic E-state index is 12.7. The number of carbonyl (C=O) groups excluding carboxylic acids is 1. The fraction of sp³-hybridized carbons (Fsp3) is 0.500. The van der Waals surface area contributed by atoms with Crippen LogP contribution in [-0.2, 0) is 6.18 Å². The van der Waals surface area contributed by atoms with E-state index in [2.05, 4.69) is 28.2 Å². The zero-order valence-corrected chi connectivity index (χ0v) is 13.8. The van der Waals surface area contributed by atoms with Crippen molar-refractivity contribution in [2.24, 2.45) is 0 Å². The largest absolute Gasteiger partial charge is 0.416 e. The standard InChI is InChI=1S/C14H15BrF3NOS/c1-13(5-2-6-21-13)8-19-12(20)10-7-9(14(16,17)18)3-4-11(10)15/h3-4,7H,2,5-6,8H2,1H3,(H,19,20). The zero-order valence-electron chi connectivity index (χ0n) is 11.4. The Bertz CT molecular complexity index is 542. The minimum atomic E-state index is -4.46. The van der Waals surface area contributed by atoms with E-state index in [1.54, 1.807) is 11.8 Å². The topological polar surface area (TPSA) is 29.1 Å². The Labute approximate surface area is 134 Å². The minimum absolute atomic E-state index is 0.0106. The van der Waals surface area contributed by atoms with E-state index in [0.717, 1.165) is 30.7 Å². The third kappa shape index (κ3) is 4.16. The molecule has 1 aromatic carbocycles. The van der Waals surface area contributed by atoms with Crippen LogP contribution in [0.15, 0.2) is 22.7 Å². The summed E-state index contributed by atoms with van der Waals surface area (Å²) in [5.74, 6) is 0.571. The Balaban J connectivity index is 2.11. The van der Waals surface area contributed by atoms with Crippen LogP contribution in [0.25, 0.3) is 0 Å². The van der Waals surface area contributed by atoms with Crippen LogP contribution in [0.3, 0.4) is 0 Å². The molecule has 1 saturated heterocycles. The lowest BCUT2D eigenvalue weighted by molar-refractivity contribution is -0.137. The molecule has 7 heteroatoms. The Morgan fingerprint density at radius 2 is 2.19 bits per heavy atom. The second kappa shape index (κ2) is 6.20. The predicted octanol–water partition coefficient (Wildman–Crippen LogP) is 4.48. The average molecular weight is 382 g/mol. The molecule has 1 heterocycles. The molecule has 116 valence electrons. The van der Waals surface area contributed by atoms with E-state index in [1.807, 2.05) is 0 Å². The van der Waals surface area contributed by atoms with Crippen molar-refractivity contribution < 1.29 is 18.0 Å². The summed E-state index contributed by atoms with van der Waals surface area (Å²) in [5.41, 5.74) is -0.811. The number of alkyl halides is 3. The van der Waals surface area contributed by atoms with Gasteiger partial charge in [-0.1, -0.05) is 0 Å². The highest BCUT2D eigenvalue weighted by Crippen LogP contribution is 2.37. The van der Waals surface area contributed by atoms with E-state index < -0.39 is 17.6 Å². The van der Waals surface area contributed by atoms with E-state index in [9.17, 15) is 18.0 Å². The molecule has 1 aliphatic rings. The van der Waals surface area contributed by atoms with Crippen molar-refractivity contribution in [2.75, 3.05) is 12.3 Å². The van der Waals surface area contributed by atoms with Gasteiger partial charge in [-0.15, -0.1) is 0 Å². The Morgan fingerprint density at radius 3 is 2.76 bits per heavy atom. The number of amides is 1. The highest BCUT2D eigenvalue weighted by Gasteiger charge is 2.33. The average Bonchev–Trinajstić information content (AvgIpc) is 2.83. The molecule has 0 aromatic heterocycles. The molecule has 1 aliphatic heterocycles. The quantitative estimate of drug-likeness (QED) is 0.835. The lowest BCUT2D eigenvalue weighted by Gasteiger charge is -2.23. The van der Waals surface area contributed by atoms with Gasteiger partial charge in [-0.25, -0.2) is 0 Å². The van der Waals surface area contributed by atoms with Gasteiger partial charge >= 0.3 is 6.18 Å². The highest BCUT2D eigenvalue weighted by molar-refractivity contribution is 9.10. The second-order valence-corrected chi connectivity index (χ2v) is 7.81. The number of halogens is 4. The molecule has 0 saturated carbocycles. The third-order valence-electron chi connectivity index (χ3n) is 3.46. The first-order chi connectivity index (χ1) is 9.71. The lowest BCUT2D eigenvalue weighted by Crippen LogP contribution is -2.37. The molecule has 1 aromatic rings. The van der Waals surface area contributed by atoms with E-state index >= 15 is 0 Å². The zero-order chi connectivity index (χ0) is 15.7. The maximum Gasteiger partial charge on any atom is 0.416 e. The first kappa shape index (κ1) is 16.7. The first-order valence-corrected chi connectivity index (χ1v) is 8.28. The SMILES string of the molecule is CC1(CNC(=O)c2cc(C(F)(F)F)ccc2Br)CCCS1. The van der Waals surface area contributed by atoms with Crippen molar-refractivity contribution in [2.45, 2.75) is 30.7 Å². The van der Waals surface area contributed by atoms with Crippen molar-refractivity contribution in [3.8, 4) is 0 Å². The predicted molar refractivity (Wildman–Crippen MR) is 81.6 cm³/mol. The van der Waals surface area contributed by atoms with Gasteiger partial charge in [-0.2, -0.15) is 24.9 Å². The summed E-state index contributed by atoms with van der Waals surface area (Å²) in [6, 6.07) is 3.09. The summed E-state index contributed by atoms with van der Waals surface area (Å²) in [6.45, 7) is 2.52. The third-order valence-corrected chi connectivity index (χ3v) is 5.69. The van der Waals surface area contributed by atoms with Crippen molar-refractivity contribution in [3.63, 3.8) is 0 Å². The molecule has 0 bridgehead atoms. The van der Waals surface area contributed by atoms with Crippen LogP contribution < -0.4 is 5.32 Å². The Morgan fingerprint density at radius 1 is 1.48 bits per heavy atom. The molecule has 2 nitrogen and oxygen atoms in total. The van der Waals surface area contributed by atoms with E-state index in [-0.39, 0.29) is 10.3 Å². The number of thioether (sulfide) groups is 1. The number of nitrogens with one attached hydrogen (secondary N) is 1. The van der Waals surface area contributed by atoms with Gasteiger partial charge in [0.05, 0.1) is 11.1 Å². The molecule has 21 heavy (non-hydrogen) atoms.